The minimum Gasteiger partial charge on any atom is -0.208 e. The maximum absolute atomic E-state index is 12.2. The van der Waals surface area contributed by atoms with E-state index in [0.29, 0.717) is 0 Å². The molecule has 0 aliphatic heterocycles. The van der Waals surface area contributed by atoms with Crippen molar-refractivity contribution in [1.82, 2.24) is 4.98 Å². The Morgan fingerprint density at radius 2 is 2.22 bits per heavy atom. The molecule has 9 heavy (non-hydrogen) atoms. The van der Waals surface area contributed by atoms with Gasteiger partial charge in [-0.25, -0.2) is 4.98 Å². The van der Waals surface area contributed by atoms with Gasteiger partial charge in [0.25, 0.3) is 0 Å². The maximum atomic E-state index is 12.2. The Bertz CT molecular complexity index is 178. The molecule has 0 aromatic carbocycles. The lowest BCUT2D eigenvalue weighted by molar-refractivity contribution is 0.583. The number of nitrogens with zero attached hydrogens (tertiary/aromatic N) is 1. The summed E-state index contributed by atoms with van der Waals surface area (Å²) >= 11 is 7.36. The average molecular weight is 257 g/mol. The lowest BCUT2D eigenvalue weighted by atomic mass is 10.5. The first-order valence-electron chi connectivity index (χ1n) is 2.17. The third kappa shape index (κ3) is 2.06. The van der Waals surface area contributed by atoms with Crippen LogP contribution in [0.5, 0.6) is 0 Å². The van der Waals surface area contributed by atoms with Gasteiger partial charge in [0.05, 0.1) is 0 Å². The molecule has 48 valence electrons. The first-order chi connectivity index (χ1) is 4.18. The van der Waals surface area contributed by atoms with Gasteiger partial charge >= 0.3 is 0 Å². The van der Waals surface area contributed by atoms with Crippen LogP contribution in [0.2, 0.25) is 5.15 Å². The van der Waals surface area contributed by atoms with Gasteiger partial charge in [0.2, 0.25) is 5.95 Å². The Balaban J connectivity index is 3.17. The molecule has 0 bridgehead atoms. The van der Waals surface area contributed by atoms with Gasteiger partial charge < -0.3 is 0 Å². The van der Waals surface area contributed by atoms with Crippen LogP contribution >= 0.6 is 34.2 Å². The van der Waals surface area contributed by atoms with Crippen molar-refractivity contribution in [2.75, 3.05) is 0 Å². The third-order valence-electron chi connectivity index (χ3n) is 0.728. The first kappa shape index (κ1) is 7.21. The second-order valence-corrected chi connectivity index (χ2v) is 3.06. The Morgan fingerprint density at radius 3 is 2.67 bits per heavy atom. The second kappa shape index (κ2) is 2.79. The van der Waals surface area contributed by atoms with Crippen LogP contribution in [0.25, 0.3) is 0 Å². The van der Waals surface area contributed by atoms with Crippen LogP contribution in [-0.2, 0) is 0 Å². The normalized spacial score (nSPS) is 9.67. The SMILES string of the molecule is Fc1cc(I)cc(Cl)n1. The number of rotatable bonds is 0. The molecule has 0 fully saturated rings. The fourth-order valence-electron chi connectivity index (χ4n) is 0.436. The van der Waals surface area contributed by atoms with Crippen molar-refractivity contribution in [2.45, 2.75) is 0 Å². The molecule has 0 saturated carbocycles. The number of aromatic nitrogens is 1. The lowest BCUT2D eigenvalue weighted by Crippen LogP contribution is -1.83. The van der Waals surface area contributed by atoms with E-state index in [1.807, 2.05) is 22.6 Å². The van der Waals surface area contributed by atoms with Crippen molar-refractivity contribution in [2.24, 2.45) is 0 Å². The molecular weight excluding hydrogens is 255 g/mol. The lowest BCUT2D eigenvalue weighted by Gasteiger charge is -1.90. The Morgan fingerprint density at radius 1 is 1.56 bits per heavy atom. The van der Waals surface area contributed by atoms with Gasteiger partial charge in [0.15, 0.2) is 0 Å². The van der Waals surface area contributed by atoms with E-state index in [-0.39, 0.29) is 5.15 Å². The smallest absolute Gasteiger partial charge is 0.208 e. The minimum atomic E-state index is -0.535. The summed E-state index contributed by atoms with van der Waals surface area (Å²) in [6, 6.07) is 2.90. The standard InChI is InChI=1S/C5H2ClFIN/c6-4-1-3(8)2-5(7)9-4/h1-2H. The molecule has 1 nitrogen and oxygen atoms in total. The molecule has 0 atom stereocenters. The van der Waals surface area contributed by atoms with E-state index in [9.17, 15) is 4.39 Å². The zero-order valence-corrected chi connectivity index (χ0v) is 7.15. The molecule has 0 radical (unpaired) electrons. The van der Waals surface area contributed by atoms with E-state index in [1.54, 1.807) is 6.07 Å². The van der Waals surface area contributed by atoms with Gasteiger partial charge in [-0.15, -0.1) is 0 Å². The highest BCUT2D eigenvalue weighted by atomic mass is 127. The topological polar surface area (TPSA) is 12.9 Å². The van der Waals surface area contributed by atoms with Crippen molar-refractivity contribution in [3.05, 3.63) is 26.8 Å². The Kier molecular flexibility index (Phi) is 2.23. The van der Waals surface area contributed by atoms with Gasteiger partial charge in [0.1, 0.15) is 5.15 Å². The highest BCUT2D eigenvalue weighted by Crippen LogP contribution is 2.11. The van der Waals surface area contributed by atoms with Crippen molar-refractivity contribution >= 4 is 34.2 Å². The summed E-state index contributed by atoms with van der Waals surface area (Å²) in [7, 11) is 0. The Labute approximate surface area is 70.4 Å². The van der Waals surface area contributed by atoms with E-state index < -0.39 is 5.95 Å². The van der Waals surface area contributed by atoms with Crippen LogP contribution in [0.3, 0.4) is 0 Å². The van der Waals surface area contributed by atoms with Gasteiger partial charge in [-0.1, -0.05) is 11.6 Å². The fourth-order valence-corrected chi connectivity index (χ4v) is 1.37. The van der Waals surface area contributed by atoms with E-state index in [1.165, 1.54) is 6.07 Å². The van der Waals surface area contributed by atoms with E-state index in [4.69, 9.17) is 11.6 Å². The molecule has 0 N–H and O–H groups in total. The van der Waals surface area contributed by atoms with Gasteiger partial charge in [0, 0.05) is 9.64 Å². The molecule has 0 saturated heterocycles. The average Bonchev–Trinajstić information content (AvgIpc) is 1.59. The van der Waals surface area contributed by atoms with Crippen LogP contribution in [-0.4, -0.2) is 4.98 Å². The quantitative estimate of drug-likeness (QED) is 0.514. The van der Waals surface area contributed by atoms with Gasteiger partial charge in [-0.2, -0.15) is 4.39 Å². The van der Waals surface area contributed by atoms with Crippen LogP contribution in [0, 0.1) is 9.52 Å². The number of pyridine rings is 1. The molecule has 0 spiro atoms. The van der Waals surface area contributed by atoms with Crippen LogP contribution in [0.1, 0.15) is 0 Å². The molecule has 1 aromatic rings. The number of hydrogen-bond acceptors (Lipinski definition) is 1. The van der Waals surface area contributed by atoms with Crippen LogP contribution < -0.4 is 0 Å². The van der Waals surface area contributed by atoms with Crippen molar-refractivity contribution in [3.8, 4) is 0 Å². The summed E-state index contributed by atoms with van der Waals surface area (Å²) in [6.07, 6.45) is 0. The summed E-state index contributed by atoms with van der Waals surface area (Å²) in [6.45, 7) is 0. The second-order valence-electron chi connectivity index (χ2n) is 1.43. The third-order valence-corrected chi connectivity index (χ3v) is 1.54. The fraction of sp³-hybridized carbons (Fsp3) is 0. The molecule has 0 amide bonds. The molecule has 4 heteroatoms. The monoisotopic (exact) mass is 257 g/mol. The highest BCUT2D eigenvalue weighted by molar-refractivity contribution is 14.1. The molecule has 0 aliphatic carbocycles. The maximum Gasteiger partial charge on any atom is 0.215 e. The summed E-state index contributed by atoms with van der Waals surface area (Å²) in [5.41, 5.74) is 0. The molecule has 1 heterocycles. The molecule has 0 aliphatic rings. The zero-order valence-electron chi connectivity index (χ0n) is 4.24. The van der Waals surface area contributed by atoms with Crippen molar-refractivity contribution in [1.29, 1.82) is 0 Å². The molecule has 1 aromatic heterocycles. The first-order valence-corrected chi connectivity index (χ1v) is 3.63. The van der Waals surface area contributed by atoms with Gasteiger partial charge in [-0.05, 0) is 28.7 Å². The van der Waals surface area contributed by atoms with E-state index in [0.717, 1.165) is 3.57 Å². The Hall–Kier alpha value is 0.1000. The van der Waals surface area contributed by atoms with Crippen molar-refractivity contribution < 1.29 is 4.39 Å². The molecular formula is C5H2ClFIN. The van der Waals surface area contributed by atoms with Crippen molar-refractivity contribution in [3.63, 3.8) is 0 Å². The zero-order chi connectivity index (χ0) is 6.85. The van der Waals surface area contributed by atoms with Gasteiger partial charge in [-0.3, -0.25) is 0 Å². The number of halogens is 3. The molecule has 1 rings (SSSR count). The highest BCUT2D eigenvalue weighted by Gasteiger charge is 1.95. The summed E-state index contributed by atoms with van der Waals surface area (Å²) in [5.74, 6) is -0.535. The summed E-state index contributed by atoms with van der Waals surface area (Å²) in [4.78, 5) is 3.33. The van der Waals surface area contributed by atoms with E-state index in [2.05, 4.69) is 4.98 Å². The number of hydrogen-bond donors (Lipinski definition) is 0. The van der Waals surface area contributed by atoms with E-state index >= 15 is 0 Å². The molecule has 0 unspecified atom stereocenters. The predicted octanol–water partition coefficient (Wildman–Crippen LogP) is 2.48. The minimum absolute atomic E-state index is 0.194. The summed E-state index contributed by atoms with van der Waals surface area (Å²) < 4.78 is 13.0. The largest absolute Gasteiger partial charge is 0.215 e. The summed E-state index contributed by atoms with van der Waals surface area (Å²) in [5, 5.41) is 0.194. The predicted molar refractivity (Wildman–Crippen MR) is 41.9 cm³/mol. The van der Waals surface area contributed by atoms with Crippen LogP contribution in [0.15, 0.2) is 12.1 Å². The van der Waals surface area contributed by atoms with Crippen LogP contribution in [0.4, 0.5) is 4.39 Å².